The van der Waals surface area contributed by atoms with Crippen molar-refractivity contribution >= 4 is 27.5 Å². The van der Waals surface area contributed by atoms with Gasteiger partial charge in [-0.05, 0) is 80.8 Å². The van der Waals surface area contributed by atoms with Crippen LogP contribution in [0.15, 0.2) is 77.7 Å². The van der Waals surface area contributed by atoms with Crippen molar-refractivity contribution in [3.63, 3.8) is 0 Å². The van der Waals surface area contributed by atoms with Gasteiger partial charge in [0.25, 0.3) is 10.0 Å². The quantitative estimate of drug-likeness (QED) is 0.304. The summed E-state index contributed by atoms with van der Waals surface area (Å²) in [7, 11) is -2.71. The number of anilines is 1. The number of ether oxygens (including phenoxy) is 1. The molecular weight excluding hydrogens is 545 g/mol. The molecule has 220 valence electrons. The van der Waals surface area contributed by atoms with E-state index in [4.69, 9.17) is 4.74 Å². The van der Waals surface area contributed by atoms with Crippen molar-refractivity contribution < 1.29 is 27.1 Å². The molecule has 10 heteroatoms. The van der Waals surface area contributed by atoms with Crippen molar-refractivity contribution in [2.75, 3.05) is 18.0 Å². The molecule has 0 bridgehead atoms. The average molecular weight is 584 g/mol. The third-order valence-corrected chi connectivity index (χ3v) is 8.69. The van der Waals surface area contributed by atoms with Crippen LogP contribution in [0, 0.1) is 12.7 Å². The largest absolute Gasteiger partial charge is 0.497 e. The highest BCUT2D eigenvalue weighted by atomic mass is 32.2. The molecule has 0 fully saturated rings. The molecule has 0 aliphatic heterocycles. The normalized spacial score (nSPS) is 12.7. The van der Waals surface area contributed by atoms with Gasteiger partial charge in [0.1, 0.15) is 24.2 Å². The number of hydrogen-bond acceptors (Lipinski definition) is 5. The predicted molar refractivity (Wildman–Crippen MR) is 158 cm³/mol. The van der Waals surface area contributed by atoms with Crippen molar-refractivity contribution in [2.24, 2.45) is 0 Å². The van der Waals surface area contributed by atoms with E-state index in [1.165, 1.54) is 48.4 Å². The van der Waals surface area contributed by atoms with Gasteiger partial charge >= 0.3 is 0 Å². The van der Waals surface area contributed by atoms with E-state index in [1.54, 1.807) is 43.3 Å². The van der Waals surface area contributed by atoms with E-state index in [0.29, 0.717) is 29.8 Å². The smallest absolute Gasteiger partial charge is 0.264 e. The zero-order valence-electron chi connectivity index (χ0n) is 24.1. The number of amides is 2. The lowest BCUT2D eigenvalue weighted by molar-refractivity contribution is -0.140. The molecule has 0 saturated heterocycles. The van der Waals surface area contributed by atoms with E-state index in [9.17, 15) is 22.4 Å². The molecule has 0 aromatic heterocycles. The fourth-order valence-electron chi connectivity index (χ4n) is 4.26. The third-order valence-electron chi connectivity index (χ3n) is 6.90. The number of methoxy groups -OCH3 is 1. The molecule has 41 heavy (non-hydrogen) atoms. The Hall–Kier alpha value is -3.92. The van der Waals surface area contributed by atoms with E-state index >= 15 is 0 Å². The van der Waals surface area contributed by atoms with Crippen LogP contribution >= 0.6 is 0 Å². The van der Waals surface area contributed by atoms with Crippen LogP contribution in [0.25, 0.3) is 0 Å². The van der Waals surface area contributed by atoms with Crippen LogP contribution < -0.4 is 14.4 Å². The van der Waals surface area contributed by atoms with Crippen LogP contribution in [0.1, 0.15) is 44.7 Å². The van der Waals surface area contributed by atoms with Gasteiger partial charge in [0.2, 0.25) is 11.8 Å². The number of aryl methyl sites for hydroxylation is 1. The standard InChI is InChI=1S/C31H38FN3O5S/c1-6-23(4)33-31(37)29(7-2)34(20-24-10-12-25(32)13-11-24)30(36)21-35(26-14-8-22(3)9-15-26)41(38,39)28-18-16-27(40-5)17-19-28/h8-19,23,29H,6-7,20-21H2,1-5H3,(H,33,37)/t23-,29+/m1/s1. The minimum Gasteiger partial charge on any atom is -0.497 e. The van der Waals surface area contributed by atoms with Gasteiger partial charge in [0.05, 0.1) is 17.7 Å². The molecule has 8 nitrogen and oxygen atoms in total. The summed E-state index contributed by atoms with van der Waals surface area (Å²) < 4.78 is 47.7. The number of sulfonamides is 1. The van der Waals surface area contributed by atoms with Gasteiger partial charge in [-0.1, -0.05) is 43.7 Å². The van der Waals surface area contributed by atoms with Crippen LogP contribution in [0.4, 0.5) is 10.1 Å². The summed E-state index contributed by atoms with van der Waals surface area (Å²) in [6.07, 6.45) is 1.00. The van der Waals surface area contributed by atoms with Gasteiger partial charge in [0.15, 0.2) is 0 Å². The summed E-state index contributed by atoms with van der Waals surface area (Å²) >= 11 is 0. The number of benzene rings is 3. The molecule has 0 saturated carbocycles. The molecule has 3 aromatic carbocycles. The van der Waals surface area contributed by atoms with Gasteiger partial charge in [-0.2, -0.15) is 0 Å². The van der Waals surface area contributed by atoms with Crippen LogP contribution in [0.3, 0.4) is 0 Å². The summed E-state index contributed by atoms with van der Waals surface area (Å²) in [4.78, 5) is 28.7. The van der Waals surface area contributed by atoms with Crippen molar-refractivity contribution in [3.8, 4) is 5.75 Å². The van der Waals surface area contributed by atoms with Gasteiger partial charge < -0.3 is 15.0 Å². The lowest BCUT2D eigenvalue weighted by Gasteiger charge is -2.33. The average Bonchev–Trinajstić information content (AvgIpc) is 2.97. The van der Waals surface area contributed by atoms with Crippen LogP contribution in [-0.4, -0.2) is 50.9 Å². The molecule has 0 radical (unpaired) electrons. The first-order chi connectivity index (χ1) is 19.5. The van der Waals surface area contributed by atoms with E-state index in [2.05, 4.69) is 5.32 Å². The zero-order valence-corrected chi connectivity index (χ0v) is 24.9. The van der Waals surface area contributed by atoms with Gasteiger partial charge in [0, 0.05) is 12.6 Å². The highest BCUT2D eigenvalue weighted by molar-refractivity contribution is 7.92. The van der Waals surface area contributed by atoms with E-state index < -0.39 is 34.3 Å². The Morgan fingerprint density at radius 2 is 1.54 bits per heavy atom. The molecule has 1 N–H and O–H groups in total. The third kappa shape index (κ3) is 8.07. The first-order valence-electron chi connectivity index (χ1n) is 13.6. The molecule has 0 spiro atoms. The summed E-state index contributed by atoms with van der Waals surface area (Å²) in [6.45, 7) is 6.93. The first-order valence-corrected chi connectivity index (χ1v) is 15.0. The molecule has 3 rings (SSSR count). The maximum absolute atomic E-state index is 14.0. The number of nitrogens with one attached hydrogen (secondary N) is 1. The van der Waals surface area contributed by atoms with Crippen molar-refractivity contribution in [3.05, 3.63) is 89.7 Å². The molecule has 2 atom stereocenters. The fraction of sp³-hybridized carbons (Fsp3) is 0.355. The maximum Gasteiger partial charge on any atom is 0.264 e. The van der Waals surface area contributed by atoms with Crippen molar-refractivity contribution in [1.82, 2.24) is 10.2 Å². The molecule has 0 aliphatic rings. The number of halogens is 1. The summed E-state index contributed by atoms with van der Waals surface area (Å²) in [5.41, 5.74) is 1.83. The Morgan fingerprint density at radius 1 is 0.927 bits per heavy atom. The zero-order chi connectivity index (χ0) is 30.2. The van der Waals surface area contributed by atoms with Gasteiger partial charge in [-0.25, -0.2) is 12.8 Å². The second-order valence-corrected chi connectivity index (χ2v) is 11.8. The van der Waals surface area contributed by atoms with E-state index in [1.807, 2.05) is 20.8 Å². The number of rotatable bonds is 13. The predicted octanol–water partition coefficient (Wildman–Crippen LogP) is 5.06. The van der Waals surface area contributed by atoms with E-state index in [0.717, 1.165) is 9.87 Å². The van der Waals surface area contributed by atoms with Crippen LogP contribution in [0.2, 0.25) is 0 Å². The molecular formula is C31H38FN3O5S. The first kappa shape index (κ1) is 31.6. The summed E-state index contributed by atoms with van der Waals surface area (Å²) in [6, 6.07) is 17.4. The van der Waals surface area contributed by atoms with Crippen LogP contribution in [0.5, 0.6) is 5.75 Å². The summed E-state index contributed by atoms with van der Waals surface area (Å²) in [5.74, 6) is -0.842. The van der Waals surface area contributed by atoms with Crippen molar-refractivity contribution in [1.29, 1.82) is 0 Å². The Kier molecular flexibility index (Phi) is 10.9. The van der Waals surface area contributed by atoms with Gasteiger partial charge in [-0.15, -0.1) is 0 Å². The Balaban J connectivity index is 2.05. The second kappa shape index (κ2) is 14.1. The SMILES string of the molecule is CC[C@@H](C)NC(=O)[C@H](CC)N(Cc1ccc(F)cc1)C(=O)CN(c1ccc(C)cc1)S(=O)(=O)c1ccc(OC)cc1. The van der Waals surface area contributed by atoms with Crippen LogP contribution in [-0.2, 0) is 26.2 Å². The summed E-state index contributed by atoms with van der Waals surface area (Å²) in [5, 5.41) is 2.93. The topological polar surface area (TPSA) is 96.0 Å². The molecule has 0 unspecified atom stereocenters. The van der Waals surface area contributed by atoms with E-state index in [-0.39, 0.29) is 23.4 Å². The minimum atomic E-state index is -4.19. The van der Waals surface area contributed by atoms with Crippen molar-refractivity contribution in [2.45, 2.75) is 64.1 Å². The second-order valence-electron chi connectivity index (χ2n) is 9.91. The minimum absolute atomic E-state index is 0.00410. The monoisotopic (exact) mass is 583 g/mol. The van der Waals surface area contributed by atoms with Gasteiger partial charge in [-0.3, -0.25) is 13.9 Å². The Labute approximate surface area is 242 Å². The molecule has 0 aliphatic carbocycles. The lowest BCUT2D eigenvalue weighted by atomic mass is 10.1. The molecule has 3 aromatic rings. The Morgan fingerprint density at radius 3 is 2.07 bits per heavy atom. The number of carbonyl (C=O) groups is 2. The maximum atomic E-state index is 14.0. The Bertz CT molecular complexity index is 1410. The highest BCUT2D eigenvalue weighted by Gasteiger charge is 2.34. The lowest BCUT2D eigenvalue weighted by Crippen LogP contribution is -2.53. The fourth-order valence-corrected chi connectivity index (χ4v) is 5.68. The molecule has 0 heterocycles. The number of carbonyl (C=O) groups excluding carboxylic acids is 2. The number of hydrogen-bond donors (Lipinski definition) is 1. The highest BCUT2D eigenvalue weighted by Crippen LogP contribution is 2.26. The molecule has 2 amide bonds. The number of nitrogens with zero attached hydrogens (tertiary/aromatic N) is 2.